The van der Waals surface area contributed by atoms with Crippen LogP contribution in [0.25, 0.3) is 0 Å². The topological polar surface area (TPSA) is 15.8 Å². The zero-order valence-corrected chi connectivity index (χ0v) is 7.66. The van der Waals surface area contributed by atoms with Crippen LogP contribution in [0, 0.1) is 0 Å². The van der Waals surface area contributed by atoms with Crippen LogP contribution in [-0.2, 0) is 4.74 Å². The Labute approximate surface area is 73.8 Å². The molecule has 0 unspecified atom stereocenters. The molecule has 1 fully saturated rings. The molecular weight excluding hydrogens is 150 g/mol. The number of epoxide rings is 1. The van der Waals surface area contributed by atoms with Crippen molar-refractivity contribution >= 4 is 5.69 Å². The summed E-state index contributed by atoms with van der Waals surface area (Å²) in [6.45, 7) is 2.00. The molecule has 0 aromatic heterocycles. The summed E-state index contributed by atoms with van der Waals surface area (Å²) in [5.74, 6) is 0. The van der Waals surface area contributed by atoms with Crippen LogP contribution in [0.5, 0.6) is 0 Å². The molecule has 0 saturated carbocycles. The van der Waals surface area contributed by atoms with E-state index < -0.39 is 0 Å². The molecule has 0 bridgehead atoms. The van der Waals surface area contributed by atoms with Gasteiger partial charge in [-0.05, 0) is 12.1 Å². The minimum absolute atomic E-state index is 1.00. The highest BCUT2D eigenvalue weighted by atomic mass is 16.6. The third kappa shape index (κ3) is 3.98. The molecule has 2 rings (SSSR count). The Bertz CT molecular complexity index is 204. The molecule has 0 atom stereocenters. The quantitative estimate of drug-likeness (QED) is 0.589. The zero-order chi connectivity index (χ0) is 8.81. The van der Waals surface area contributed by atoms with Crippen molar-refractivity contribution in [2.45, 2.75) is 0 Å². The van der Waals surface area contributed by atoms with Gasteiger partial charge in [-0.2, -0.15) is 0 Å². The first-order valence-electron chi connectivity index (χ1n) is 4.11. The summed E-state index contributed by atoms with van der Waals surface area (Å²) >= 11 is 0. The average molecular weight is 165 g/mol. The first-order valence-corrected chi connectivity index (χ1v) is 4.11. The van der Waals surface area contributed by atoms with Crippen LogP contribution in [0.3, 0.4) is 0 Å². The van der Waals surface area contributed by atoms with Gasteiger partial charge in [-0.3, -0.25) is 0 Å². The van der Waals surface area contributed by atoms with E-state index in [0.717, 1.165) is 13.2 Å². The molecule has 2 heteroatoms. The van der Waals surface area contributed by atoms with Crippen LogP contribution in [0.2, 0.25) is 0 Å². The molecule has 66 valence electrons. The largest absolute Gasteiger partial charge is 0.378 e. The van der Waals surface area contributed by atoms with E-state index in [1.807, 2.05) is 32.3 Å². The lowest BCUT2D eigenvalue weighted by Gasteiger charge is -2.10. The average Bonchev–Trinajstić information content (AvgIpc) is 2.92. The maximum atomic E-state index is 4.50. The Morgan fingerprint density at radius 2 is 1.58 bits per heavy atom. The van der Waals surface area contributed by atoms with E-state index >= 15 is 0 Å². The monoisotopic (exact) mass is 165 g/mol. The van der Waals surface area contributed by atoms with Gasteiger partial charge in [0.2, 0.25) is 0 Å². The Kier molecular flexibility index (Phi) is 3.61. The van der Waals surface area contributed by atoms with Crippen LogP contribution in [-0.4, -0.2) is 27.3 Å². The SMILES string of the molecule is C1CO1.CN(C)c1ccccc1. The summed E-state index contributed by atoms with van der Waals surface area (Å²) in [5.41, 5.74) is 1.25. The molecule has 1 aliphatic rings. The lowest BCUT2D eigenvalue weighted by atomic mass is 10.3. The normalized spacial score (nSPS) is 12.8. The van der Waals surface area contributed by atoms with Crippen LogP contribution >= 0.6 is 0 Å². The van der Waals surface area contributed by atoms with Crippen LogP contribution < -0.4 is 4.90 Å². The summed E-state index contributed by atoms with van der Waals surface area (Å²) in [4.78, 5) is 2.08. The first-order chi connectivity index (χ1) is 5.80. The number of hydrogen-bond acceptors (Lipinski definition) is 2. The van der Waals surface area contributed by atoms with Crippen molar-refractivity contribution < 1.29 is 4.74 Å². The highest BCUT2D eigenvalue weighted by molar-refractivity contribution is 5.43. The molecule has 12 heavy (non-hydrogen) atoms. The van der Waals surface area contributed by atoms with Crippen molar-refractivity contribution in [3.63, 3.8) is 0 Å². The van der Waals surface area contributed by atoms with Gasteiger partial charge in [-0.1, -0.05) is 18.2 Å². The Morgan fingerprint density at radius 3 is 1.83 bits per heavy atom. The van der Waals surface area contributed by atoms with E-state index in [2.05, 4.69) is 21.8 Å². The maximum Gasteiger partial charge on any atom is 0.0701 e. The standard InChI is InChI=1S/C8H11N.C2H4O/c1-9(2)8-6-4-3-5-7-8;1-2-3-1/h3-7H,1-2H3;1-2H2. The fraction of sp³-hybridized carbons (Fsp3) is 0.400. The summed E-state index contributed by atoms with van der Waals surface area (Å²) in [7, 11) is 4.07. The Morgan fingerprint density at radius 1 is 1.08 bits per heavy atom. The molecule has 1 aromatic carbocycles. The second kappa shape index (κ2) is 4.78. The van der Waals surface area contributed by atoms with Crippen molar-refractivity contribution in [2.75, 3.05) is 32.2 Å². The van der Waals surface area contributed by atoms with Crippen molar-refractivity contribution in [1.82, 2.24) is 0 Å². The lowest BCUT2D eigenvalue weighted by molar-refractivity contribution is 0.475. The van der Waals surface area contributed by atoms with Crippen molar-refractivity contribution in [1.29, 1.82) is 0 Å². The molecule has 1 aromatic rings. The van der Waals surface area contributed by atoms with E-state index in [9.17, 15) is 0 Å². The molecule has 1 saturated heterocycles. The highest BCUT2D eigenvalue weighted by Crippen LogP contribution is 2.07. The number of hydrogen-bond donors (Lipinski definition) is 0. The van der Waals surface area contributed by atoms with Crippen LogP contribution in [0.15, 0.2) is 30.3 Å². The summed E-state index contributed by atoms with van der Waals surface area (Å²) < 4.78 is 4.50. The van der Waals surface area contributed by atoms with Crippen molar-refractivity contribution in [2.24, 2.45) is 0 Å². The number of benzene rings is 1. The van der Waals surface area contributed by atoms with Gasteiger partial charge < -0.3 is 9.64 Å². The molecule has 1 heterocycles. The molecule has 1 aliphatic heterocycles. The number of para-hydroxylation sites is 1. The molecule has 0 aliphatic carbocycles. The van der Waals surface area contributed by atoms with Crippen LogP contribution in [0.1, 0.15) is 0 Å². The predicted molar refractivity (Wildman–Crippen MR) is 51.6 cm³/mol. The summed E-state index contributed by atoms with van der Waals surface area (Å²) in [6, 6.07) is 10.3. The third-order valence-electron chi connectivity index (χ3n) is 1.48. The maximum absolute atomic E-state index is 4.50. The van der Waals surface area contributed by atoms with Gasteiger partial charge in [-0.15, -0.1) is 0 Å². The van der Waals surface area contributed by atoms with E-state index in [1.165, 1.54) is 5.69 Å². The van der Waals surface area contributed by atoms with Gasteiger partial charge in [0, 0.05) is 19.8 Å². The van der Waals surface area contributed by atoms with Crippen molar-refractivity contribution in [3.05, 3.63) is 30.3 Å². The van der Waals surface area contributed by atoms with Gasteiger partial charge in [0.1, 0.15) is 0 Å². The van der Waals surface area contributed by atoms with E-state index in [4.69, 9.17) is 0 Å². The van der Waals surface area contributed by atoms with Gasteiger partial charge >= 0.3 is 0 Å². The van der Waals surface area contributed by atoms with Crippen molar-refractivity contribution in [3.8, 4) is 0 Å². The zero-order valence-electron chi connectivity index (χ0n) is 7.66. The molecule has 2 nitrogen and oxygen atoms in total. The van der Waals surface area contributed by atoms with Gasteiger partial charge in [0.25, 0.3) is 0 Å². The third-order valence-corrected chi connectivity index (χ3v) is 1.48. The minimum Gasteiger partial charge on any atom is -0.378 e. The van der Waals surface area contributed by atoms with Crippen LogP contribution in [0.4, 0.5) is 5.69 Å². The predicted octanol–water partition coefficient (Wildman–Crippen LogP) is 1.77. The molecule has 0 radical (unpaired) electrons. The summed E-state index contributed by atoms with van der Waals surface area (Å²) in [6.07, 6.45) is 0. The number of ether oxygens (including phenoxy) is 1. The second-order valence-corrected chi connectivity index (χ2v) is 2.84. The molecular formula is C10H15NO. The highest BCUT2D eigenvalue weighted by Gasteiger charge is 1.94. The second-order valence-electron chi connectivity index (χ2n) is 2.84. The number of rotatable bonds is 1. The molecule has 0 spiro atoms. The van der Waals surface area contributed by atoms with E-state index in [1.54, 1.807) is 0 Å². The Hall–Kier alpha value is -1.02. The van der Waals surface area contributed by atoms with Gasteiger partial charge in [0.05, 0.1) is 13.2 Å². The van der Waals surface area contributed by atoms with Gasteiger partial charge in [0.15, 0.2) is 0 Å². The summed E-state index contributed by atoms with van der Waals surface area (Å²) in [5, 5.41) is 0. The van der Waals surface area contributed by atoms with E-state index in [-0.39, 0.29) is 0 Å². The fourth-order valence-electron chi connectivity index (χ4n) is 0.726. The first kappa shape index (κ1) is 9.07. The molecule has 0 N–H and O–H groups in total. The van der Waals surface area contributed by atoms with E-state index in [0.29, 0.717) is 0 Å². The van der Waals surface area contributed by atoms with Gasteiger partial charge in [-0.25, -0.2) is 0 Å². The number of anilines is 1. The molecule has 0 amide bonds. The minimum atomic E-state index is 1.00. The lowest BCUT2D eigenvalue weighted by Crippen LogP contribution is -2.07. The fourth-order valence-corrected chi connectivity index (χ4v) is 0.726. The number of nitrogens with zero attached hydrogens (tertiary/aromatic N) is 1. The Balaban J connectivity index is 0.000000200. The smallest absolute Gasteiger partial charge is 0.0701 e.